The largest absolute Gasteiger partial charge is 0.433 e. The predicted octanol–water partition coefficient (Wildman–Crippen LogP) is 4.37. The van der Waals surface area contributed by atoms with Crippen LogP contribution >= 0.6 is 11.8 Å². The Bertz CT molecular complexity index is 537. The van der Waals surface area contributed by atoms with Crippen molar-refractivity contribution in [1.29, 1.82) is 0 Å². The molecule has 0 fully saturated rings. The highest BCUT2D eigenvalue weighted by Crippen LogP contribution is 2.34. The van der Waals surface area contributed by atoms with E-state index in [0.29, 0.717) is 10.4 Å². The second-order valence-corrected chi connectivity index (χ2v) is 4.76. The first kappa shape index (κ1) is 12.2. The lowest BCUT2D eigenvalue weighted by atomic mass is 10.2. The van der Waals surface area contributed by atoms with Crippen molar-refractivity contribution in [3.63, 3.8) is 0 Å². The van der Waals surface area contributed by atoms with Crippen LogP contribution in [0.15, 0.2) is 35.2 Å². The fraction of sp³-hybridized carbons (Fsp3) is 0.250. The Labute approximate surface area is 101 Å². The van der Waals surface area contributed by atoms with Gasteiger partial charge in [-0.2, -0.15) is 13.2 Å². The van der Waals surface area contributed by atoms with E-state index in [-0.39, 0.29) is 0 Å². The minimum Gasteiger partial charge on any atom is -0.243 e. The average Bonchev–Trinajstić information content (AvgIpc) is 2.28. The van der Waals surface area contributed by atoms with E-state index in [0.717, 1.165) is 17.2 Å². The molecule has 0 bridgehead atoms. The number of alkyl halides is 3. The zero-order valence-electron chi connectivity index (χ0n) is 9.08. The Morgan fingerprint density at radius 1 is 1.24 bits per heavy atom. The SMILES string of the molecule is CCSc1cc(C(F)(F)F)nc2ccccc12. The number of aromatic nitrogens is 1. The Hall–Kier alpha value is -1.23. The van der Waals surface area contributed by atoms with Crippen molar-refractivity contribution in [2.75, 3.05) is 5.75 Å². The molecule has 0 amide bonds. The predicted molar refractivity (Wildman–Crippen MR) is 63.1 cm³/mol. The van der Waals surface area contributed by atoms with Gasteiger partial charge < -0.3 is 0 Å². The maximum absolute atomic E-state index is 12.7. The molecule has 90 valence electrons. The summed E-state index contributed by atoms with van der Waals surface area (Å²) in [6, 6.07) is 8.01. The van der Waals surface area contributed by atoms with Gasteiger partial charge >= 0.3 is 6.18 Å². The first-order valence-electron chi connectivity index (χ1n) is 5.12. The lowest BCUT2D eigenvalue weighted by molar-refractivity contribution is -0.141. The minimum atomic E-state index is -4.40. The van der Waals surface area contributed by atoms with Crippen LogP contribution in [0.25, 0.3) is 10.9 Å². The highest BCUT2D eigenvalue weighted by Gasteiger charge is 2.33. The first-order valence-corrected chi connectivity index (χ1v) is 6.10. The molecule has 5 heteroatoms. The molecule has 0 saturated heterocycles. The Kier molecular flexibility index (Phi) is 3.28. The zero-order valence-corrected chi connectivity index (χ0v) is 9.90. The van der Waals surface area contributed by atoms with Crippen molar-refractivity contribution in [3.05, 3.63) is 36.0 Å². The quantitative estimate of drug-likeness (QED) is 0.741. The average molecular weight is 257 g/mol. The summed E-state index contributed by atoms with van der Waals surface area (Å²) in [6.07, 6.45) is -4.40. The number of hydrogen-bond acceptors (Lipinski definition) is 2. The lowest BCUT2D eigenvalue weighted by Gasteiger charge is -2.10. The number of benzene rings is 1. The van der Waals surface area contributed by atoms with Crippen LogP contribution in [0.5, 0.6) is 0 Å². The van der Waals surface area contributed by atoms with Gasteiger partial charge in [0.05, 0.1) is 5.52 Å². The van der Waals surface area contributed by atoms with E-state index in [1.54, 1.807) is 24.3 Å². The van der Waals surface area contributed by atoms with Crippen molar-refractivity contribution in [2.24, 2.45) is 0 Å². The lowest BCUT2D eigenvalue weighted by Crippen LogP contribution is -2.08. The minimum absolute atomic E-state index is 0.387. The van der Waals surface area contributed by atoms with Crippen LogP contribution in [-0.4, -0.2) is 10.7 Å². The molecule has 1 heterocycles. The molecule has 0 aliphatic carbocycles. The van der Waals surface area contributed by atoms with Crippen LogP contribution in [0.4, 0.5) is 13.2 Å². The molecule has 0 atom stereocenters. The summed E-state index contributed by atoms with van der Waals surface area (Å²) in [4.78, 5) is 4.28. The molecule has 0 aliphatic rings. The molecule has 0 saturated carbocycles. The van der Waals surface area contributed by atoms with Crippen LogP contribution in [-0.2, 0) is 6.18 Å². The van der Waals surface area contributed by atoms with Gasteiger partial charge in [0.2, 0.25) is 0 Å². The van der Waals surface area contributed by atoms with E-state index in [2.05, 4.69) is 4.98 Å². The standard InChI is InChI=1S/C12H10F3NS/c1-2-17-10-7-11(12(13,14)15)16-9-6-4-3-5-8(9)10/h3-7H,2H2,1H3. The van der Waals surface area contributed by atoms with Gasteiger partial charge in [-0.05, 0) is 17.9 Å². The molecule has 1 aromatic heterocycles. The summed E-state index contributed by atoms with van der Waals surface area (Å²) in [5.74, 6) is 0.727. The third-order valence-electron chi connectivity index (χ3n) is 2.27. The van der Waals surface area contributed by atoms with Crippen molar-refractivity contribution >= 4 is 22.7 Å². The van der Waals surface area contributed by atoms with Gasteiger partial charge in [0.1, 0.15) is 5.69 Å². The summed E-state index contributed by atoms with van der Waals surface area (Å²) in [5.41, 5.74) is -0.439. The molecule has 1 aromatic carbocycles. The fourth-order valence-electron chi connectivity index (χ4n) is 1.56. The molecule has 0 spiro atoms. The molecular formula is C12H10F3NS. The maximum atomic E-state index is 12.7. The maximum Gasteiger partial charge on any atom is 0.433 e. The fourth-order valence-corrected chi connectivity index (χ4v) is 2.40. The molecule has 0 radical (unpaired) electrons. The molecule has 2 rings (SSSR count). The van der Waals surface area contributed by atoms with E-state index >= 15 is 0 Å². The zero-order chi connectivity index (χ0) is 12.5. The van der Waals surface area contributed by atoms with Crippen molar-refractivity contribution in [2.45, 2.75) is 18.0 Å². The smallest absolute Gasteiger partial charge is 0.243 e. The van der Waals surface area contributed by atoms with Gasteiger partial charge in [-0.1, -0.05) is 25.1 Å². The number of pyridine rings is 1. The summed E-state index contributed by atoms with van der Waals surface area (Å²) in [5, 5.41) is 0.771. The first-order chi connectivity index (χ1) is 8.02. The highest BCUT2D eigenvalue weighted by molar-refractivity contribution is 7.99. The van der Waals surface area contributed by atoms with E-state index in [1.807, 2.05) is 6.92 Å². The van der Waals surface area contributed by atoms with Gasteiger partial charge in [-0.25, -0.2) is 4.98 Å². The van der Waals surface area contributed by atoms with Gasteiger partial charge in [0.15, 0.2) is 0 Å². The number of halogens is 3. The van der Waals surface area contributed by atoms with Crippen molar-refractivity contribution in [3.8, 4) is 0 Å². The number of fused-ring (bicyclic) bond motifs is 1. The van der Waals surface area contributed by atoms with Gasteiger partial charge in [0, 0.05) is 10.3 Å². The molecular weight excluding hydrogens is 247 g/mol. The van der Waals surface area contributed by atoms with Gasteiger partial charge in [-0.15, -0.1) is 11.8 Å². The molecule has 0 aliphatic heterocycles. The molecule has 2 aromatic rings. The van der Waals surface area contributed by atoms with Crippen molar-refractivity contribution in [1.82, 2.24) is 4.98 Å². The van der Waals surface area contributed by atoms with Crippen LogP contribution in [0, 0.1) is 0 Å². The topological polar surface area (TPSA) is 12.9 Å². The van der Waals surface area contributed by atoms with Gasteiger partial charge in [0.25, 0.3) is 0 Å². The monoisotopic (exact) mass is 257 g/mol. The van der Waals surface area contributed by atoms with E-state index in [9.17, 15) is 13.2 Å². The summed E-state index contributed by atoms with van der Waals surface area (Å²) < 4.78 is 38.0. The third-order valence-corrected chi connectivity index (χ3v) is 3.21. The van der Waals surface area contributed by atoms with Crippen LogP contribution in [0.1, 0.15) is 12.6 Å². The number of thioether (sulfide) groups is 1. The normalized spacial score (nSPS) is 12.0. The molecule has 17 heavy (non-hydrogen) atoms. The molecule has 0 N–H and O–H groups in total. The Morgan fingerprint density at radius 2 is 1.94 bits per heavy atom. The second kappa shape index (κ2) is 4.56. The molecule has 0 unspecified atom stereocenters. The van der Waals surface area contributed by atoms with Gasteiger partial charge in [-0.3, -0.25) is 0 Å². The third kappa shape index (κ3) is 2.54. The Balaban J connectivity index is 2.67. The second-order valence-electron chi connectivity index (χ2n) is 3.45. The van der Waals surface area contributed by atoms with Crippen LogP contribution in [0.2, 0.25) is 0 Å². The number of hydrogen-bond donors (Lipinski definition) is 0. The van der Waals surface area contributed by atoms with Crippen molar-refractivity contribution < 1.29 is 13.2 Å². The summed E-state index contributed by atoms with van der Waals surface area (Å²) in [6.45, 7) is 1.91. The van der Waals surface area contributed by atoms with Crippen LogP contribution < -0.4 is 0 Å². The number of nitrogens with zero attached hydrogens (tertiary/aromatic N) is 1. The van der Waals surface area contributed by atoms with E-state index in [4.69, 9.17) is 0 Å². The Morgan fingerprint density at radius 3 is 2.59 bits per heavy atom. The van der Waals surface area contributed by atoms with E-state index in [1.165, 1.54) is 11.8 Å². The summed E-state index contributed by atoms with van der Waals surface area (Å²) in [7, 11) is 0. The molecule has 1 nitrogen and oxygen atoms in total. The number of para-hydroxylation sites is 1. The van der Waals surface area contributed by atoms with E-state index < -0.39 is 11.9 Å². The van der Waals surface area contributed by atoms with Crippen LogP contribution in [0.3, 0.4) is 0 Å². The highest BCUT2D eigenvalue weighted by atomic mass is 32.2. The summed E-state index contributed by atoms with van der Waals surface area (Å²) >= 11 is 1.40. The number of rotatable bonds is 2.